The molecular weight excluding hydrogens is 240 g/mol. The Hall–Kier alpha value is -0.710. The highest BCUT2D eigenvalue weighted by Gasteiger charge is 2.32. The molecule has 0 saturated carbocycles. The van der Waals surface area contributed by atoms with Gasteiger partial charge in [0.15, 0.2) is 0 Å². The molecule has 0 radical (unpaired) electrons. The number of rotatable bonds is 2. The molecule has 0 nitrogen and oxygen atoms in total. The van der Waals surface area contributed by atoms with Gasteiger partial charge in [-0.25, -0.2) is 4.39 Å². The van der Waals surface area contributed by atoms with E-state index in [4.69, 9.17) is 0 Å². The van der Waals surface area contributed by atoms with Crippen LogP contribution in [0.25, 0.3) is 0 Å². The van der Waals surface area contributed by atoms with E-state index in [9.17, 15) is 17.6 Å². The van der Waals surface area contributed by atoms with E-state index in [0.29, 0.717) is 12.5 Å². The molecule has 0 aliphatic carbocycles. The third-order valence-corrected chi connectivity index (χ3v) is 3.12. The molecule has 0 amide bonds. The van der Waals surface area contributed by atoms with Crippen LogP contribution >= 0.6 is 12.6 Å². The van der Waals surface area contributed by atoms with Gasteiger partial charge in [0.05, 0.1) is 5.56 Å². The van der Waals surface area contributed by atoms with E-state index in [1.54, 1.807) is 13.8 Å². The van der Waals surface area contributed by atoms with Crippen LogP contribution in [-0.4, -0.2) is 0 Å². The summed E-state index contributed by atoms with van der Waals surface area (Å²) in [5.74, 6) is -0.867. The monoisotopic (exact) mass is 252 g/mol. The van der Waals surface area contributed by atoms with Gasteiger partial charge in [-0.2, -0.15) is 25.8 Å². The van der Waals surface area contributed by atoms with Crippen LogP contribution in [0, 0.1) is 5.82 Å². The van der Waals surface area contributed by atoms with Crippen LogP contribution in [0.4, 0.5) is 17.6 Å². The van der Waals surface area contributed by atoms with Crippen LogP contribution in [-0.2, 0) is 10.9 Å². The predicted octanol–water partition coefficient (Wildman–Crippen LogP) is 4.40. The molecule has 5 heteroatoms. The van der Waals surface area contributed by atoms with Crippen molar-refractivity contribution in [2.24, 2.45) is 0 Å². The van der Waals surface area contributed by atoms with E-state index >= 15 is 0 Å². The van der Waals surface area contributed by atoms with Gasteiger partial charge in [0.25, 0.3) is 0 Å². The zero-order chi connectivity index (χ0) is 12.6. The van der Waals surface area contributed by atoms with E-state index in [-0.39, 0.29) is 5.56 Å². The summed E-state index contributed by atoms with van der Waals surface area (Å²) in [6, 6.07) is 2.54. The van der Waals surface area contributed by atoms with Crippen molar-refractivity contribution in [3.8, 4) is 0 Å². The summed E-state index contributed by atoms with van der Waals surface area (Å²) in [5.41, 5.74) is -0.791. The van der Waals surface area contributed by atoms with Gasteiger partial charge in [-0.15, -0.1) is 0 Å². The Morgan fingerprint density at radius 2 is 1.81 bits per heavy atom. The molecule has 1 aromatic rings. The molecule has 0 aromatic heterocycles. The summed E-state index contributed by atoms with van der Waals surface area (Å²) in [6.45, 7) is 3.46. The minimum atomic E-state index is -4.52. The molecule has 1 aromatic carbocycles. The number of halogens is 4. The highest BCUT2D eigenvalue weighted by Crippen LogP contribution is 2.36. The molecule has 0 aliphatic rings. The first-order valence-corrected chi connectivity index (χ1v) is 5.23. The van der Waals surface area contributed by atoms with Crippen LogP contribution in [0.3, 0.4) is 0 Å². The molecule has 0 saturated heterocycles. The average Bonchev–Trinajstić information content (AvgIpc) is 2.16. The number of hydrogen-bond acceptors (Lipinski definition) is 1. The molecule has 1 rings (SSSR count). The minimum absolute atomic E-state index is 0.186. The van der Waals surface area contributed by atoms with Gasteiger partial charge in [0.1, 0.15) is 5.82 Å². The smallest absolute Gasteiger partial charge is 0.207 e. The summed E-state index contributed by atoms with van der Waals surface area (Å²) in [4.78, 5) is 0. The van der Waals surface area contributed by atoms with E-state index in [1.165, 1.54) is 0 Å². The standard InChI is InChI=1S/C11H12F4S/c1-3-10(2,16)8-5-4-7(6-9(8)12)11(13,14)15/h4-6,16H,3H2,1-2H3. The molecule has 0 fully saturated rings. The normalized spacial score (nSPS) is 15.9. The maximum atomic E-state index is 13.5. The van der Waals surface area contributed by atoms with Crippen molar-refractivity contribution >= 4 is 12.6 Å². The quantitative estimate of drug-likeness (QED) is 0.585. The lowest BCUT2D eigenvalue weighted by molar-refractivity contribution is -0.137. The van der Waals surface area contributed by atoms with Crippen LogP contribution < -0.4 is 0 Å². The second-order valence-electron chi connectivity index (χ2n) is 3.82. The van der Waals surface area contributed by atoms with Crippen LogP contribution in [0.5, 0.6) is 0 Å². The van der Waals surface area contributed by atoms with Crippen molar-refractivity contribution in [1.29, 1.82) is 0 Å². The summed E-state index contributed by atoms with van der Waals surface area (Å²) in [7, 11) is 0. The highest BCUT2D eigenvalue weighted by molar-refractivity contribution is 7.81. The van der Waals surface area contributed by atoms with Gasteiger partial charge in [-0.3, -0.25) is 0 Å². The number of hydrogen-bond donors (Lipinski definition) is 1. The topological polar surface area (TPSA) is 0 Å². The van der Waals surface area contributed by atoms with Crippen LogP contribution in [0.15, 0.2) is 18.2 Å². The molecule has 90 valence electrons. The summed E-state index contributed by atoms with van der Waals surface area (Å²) in [6.07, 6.45) is -3.99. The molecule has 0 spiro atoms. The fourth-order valence-electron chi connectivity index (χ4n) is 1.32. The van der Waals surface area contributed by atoms with Gasteiger partial charge in [0, 0.05) is 10.3 Å². The maximum absolute atomic E-state index is 13.5. The second kappa shape index (κ2) is 4.28. The molecule has 0 heterocycles. The van der Waals surface area contributed by atoms with E-state index < -0.39 is 22.3 Å². The summed E-state index contributed by atoms with van der Waals surface area (Å²) >= 11 is 4.23. The largest absolute Gasteiger partial charge is 0.416 e. The first kappa shape index (κ1) is 13.4. The maximum Gasteiger partial charge on any atom is 0.416 e. The Balaban J connectivity index is 3.20. The fraction of sp³-hybridized carbons (Fsp3) is 0.455. The van der Waals surface area contributed by atoms with Crippen molar-refractivity contribution < 1.29 is 17.6 Å². The molecule has 1 atom stereocenters. The minimum Gasteiger partial charge on any atom is -0.207 e. The lowest BCUT2D eigenvalue weighted by Crippen LogP contribution is -2.16. The van der Waals surface area contributed by atoms with Gasteiger partial charge in [0.2, 0.25) is 0 Å². The number of alkyl halides is 3. The lowest BCUT2D eigenvalue weighted by atomic mass is 9.95. The Morgan fingerprint density at radius 1 is 1.25 bits per heavy atom. The predicted molar refractivity (Wildman–Crippen MR) is 58.0 cm³/mol. The zero-order valence-corrected chi connectivity index (χ0v) is 9.79. The van der Waals surface area contributed by atoms with Gasteiger partial charge >= 0.3 is 6.18 Å². The molecule has 0 aliphatic heterocycles. The molecule has 0 N–H and O–H groups in total. The first-order valence-electron chi connectivity index (χ1n) is 4.78. The first-order chi connectivity index (χ1) is 7.18. The van der Waals surface area contributed by atoms with Crippen molar-refractivity contribution in [2.75, 3.05) is 0 Å². The van der Waals surface area contributed by atoms with Crippen molar-refractivity contribution in [2.45, 2.75) is 31.2 Å². The van der Waals surface area contributed by atoms with E-state index in [1.807, 2.05) is 0 Å². The number of benzene rings is 1. The Bertz CT molecular complexity index is 382. The Labute approximate surface area is 97.1 Å². The van der Waals surface area contributed by atoms with Gasteiger partial charge < -0.3 is 0 Å². The third kappa shape index (κ3) is 2.70. The van der Waals surface area contributed by atoms with E-state index in [2.05, 4.69) is 12.6 Å². The molecule has 16 heavy (non-hydrogen) atoms. The number of thiol groups is 1. The van der Waals surface area contributed by atoms with Crippen molar-refractivity contribution in [3.05, 3.63) is 35.1 Å². The van der Waals surface area contributed by atoms with Crippen molar-refractivity contribution in [1.82, 2.24) is 0 Å². The van der Waals surface area contributed by atoms with Crippen molar-refractivity contribution in [3.63, 3.8) is 0 Å². The fourth-order valence-corrected chi connectivity index (χ4v) is 1.50. The second-order valence-corrected chi connectivity index (χ2v) is 4.81. The SMILES string of the molecule is CCC(C)(S)c1ccc(C(F)(F)F)cc1F. The highest BCUT2D eigenvalue weighted by atomic mass is 32.1. The average molecular weight is 252 g/mol. The lowest BCUT2D eigenvalue weighted by Gasteiger charge is -2.23. The summed E-state index contributed by atoms with van der Waals surface area (Å²) in [5, 5.41) is 0. The molecule has 1 unspecified atom stereocenters. The van der Waals surface area contributed by atoms with Crippen LogP contribution in [0.2, 0.25) is 0 Å². The Morgan fingerprint density at radius 3 is 2.19 bits per heavy atom. The summed E-state index contributed by atoms with van der Waals surface area (Å²) < 4.78 is 49.6. The third-order valence-electron chi connectivity index (χ3n) is 2.57. The molecular formula is C11H12F4S. The molecule has 0 bridgehead atoms. The zero-order valence-electron chi connectivity index (χ0n) is 8.90. The Kier molecular flexibility index (Phi) is 3.57. The van der Waals surface area contributed by atoms with Crippen LogP contribution in [0.1, 0.15) is 31.4 Å². The van der Waals surface area contributed by atoms with E-state index in [0.717, 1.165) is 12.1 Å². The van der Waals surface area contributed by atoms with Gasteiger partial charge in [-0.1, -0.05) is 13.0 Å². The van der Waals surface area contributed by atoms with Gasteiger partial charge in [-0.05, 0) is 25.5 Å².